The third-order valence-corrected chi connectivity index (χ3v) is 7.74. The molecule has 1 saturated heterocycles. The van der Waals surface area contributed by atoms with Crippen LogP contribution in [0, 0.1) is 13.8 Å². The van der Waals surface area contributed by atoms with E-state index in [1.54, 1.807) is 49.6 Å². The van der Waals surface area contributed by atoms with Crippen molar-refractivity contribution in [2.75, 3.05) is 31.1 Å². The van der Waals surface area contributed by atoms with E-state index in [0.29, 0.717) is 54.5 Å². The number of rotatable bonds is 4. The Balaban J connectivity index is 1.74. The van der Waals surface area contributed by atoms with Gasteiger partial charge in [-0.3, -0.25) is 4.98 Å². The van der Waals surface area contributed by atoms with Crippen LogP contribution in [0.4, 0.5) is 10.6 Å². The van der Waals surface area contributed by atoms with Crippen LogP contribution in [0.3, 0.4) is 0 Å². The van der Waals surface area contributed by atoms with Crippen molar-refractivity contribution in [3.8, 4) is 11.3 Å². The highest BCUT2D eigenvalue weighted by Gasteiger charge is 2.29. The van der Waals surface area contributed by atoms with Crippen LogP contribution >= 0.6 is 0 Å². The molecule has 0 aliphatic carbocycles. The number of fused-ring (bicyclic) bond motifs is 1. The van der Waals surface area contributed by atoms with Crippen molar-refractivity contribution in [1.82, 2.24) is 23.8 Å². The van der Waals surface area contributed by atoms with Crippen LogP contribution in [0.15, 0.2) is 59.8 Å². The fourth-order valence-electron chi connectivity index (χ4n) is 4.25. The lowest BCUT2D eigenvalue weighted by Crippen LogP contribution is -2.48. The minimum Gasteiger partial charge on any atom is -0.465 e. The fourth-order valence-corrected chi connectivity index (χ4v) is 5.56. The van der Waals surface area contributed by atoms with Gasteiger partial charge >= 0.3 is 6.09 Å². The number of amides is 1. The van der Waals surface area contributed by atoms with Crippen molar-refractivity contribution in [3.63, 3.8) is 0 Å². The SMILES string of the molecule is Cc1ccc(S(=O)(=O)n2cc(-c3ccccn3)c3c(N4CCN(C(=O)O)CC4)nc(C)nc32)cc1. The van der Waals surface area contributed by atoms with Gasteiger partial charge < -0.3 is 14.9 Å². The molecular formula is C24H24N6O4S. The van der Waals surface area contributed by atoms with Gasteiger partial charge in [0.2, 0.25) is 0 Å². The maximum absolute atomic E-state index is 13.7. The molecule has 4 heterocycles. The van der Waals surface area contributed by atoms with Crippen LogP contribution in [-0.2, 0) is 10.0 Å². The monoisotopic (exact) mass is 492 g/mol. The molecule has 0 unspecified atom stereocenters. The molecule has 4 aromatic rings. The molecule has 1 aliphatic heterocycles. The van der Waals surface area contributed by atoms with Crippen molar-refractivity contribution in [2.45, 2.75) is 18.7 Å². The summed E-state index contributed by atoms with van der Waals surface area (Å²) < 4.78 is 28.6. The number of hydrogen-bond donors (Lipinski definition) is 1. The van der Waals surface area contributed by atoms with E-state index < -0.39 is 16.1 Å². The Kier molecular flexibility index (Phi) is 5.64. The lowest BCUT2D eigenvalue weighted by atomic mass is 10.1. The minimum absolute atomic E-state index is 0.153. The van der Waals surface area contributed by atoms with Gasteiger partial charge in [0, 0.05) is 44.1 Å². The Labute approximate surface area is 202 Å². The second kappa shape index (κ2) is 8.66. The zero-order valence-electron chi connectivity index (χ0n) is 19.3. The van der Waals surface area contributed by atoms with Crippen LogP contribution in [0.2, 0.25) is 0 Å². The highest BCUT2D eigenvalue weighted by atomic mass is 32.2. The third-order valence-electron chi connectivity index (χ3n) is 6.08. The molecule has 1 fully saturated rings. The van der Waals surface area contributed by atoms with E-state index in [0.717, 1.165) is 5.56 Å². The molecule has 180 valence electrons. The maximum atomic E-state index is 13.7. The average molecular weight is 493 g/mol. The van der Waals surface area contributed by atoms with Gasteiger partial charge in [-0.25, -0.2) is 27.2 Å². The normalized spacial score (nSPS) is 14.5. The molecule has 0 bridgehead atoms. The Morgan fingerprint density at radius 2 is 1.69 bits per heavy atom. The highest BCUT2D eigenvalue weighted by molar-refractivity contribution is 7.90. The van der Waals surface area contributed by atoms with E-state index in [1.165, 1.54) is 8.87 Å². The first kappa shape index (κ1) is 22.8. The number of aryl methyl sites for hydroxylation is 2. The number of pyridine rings is 1. The summed E-state index contributed by atoms with van der Waals surface area (Å²) in [5.74, 6) is 0.982. The number of nitrogens with zero attached hydrogens (tertiary/aromatic N) is 6. The Bertz CT molecular complexity index is 1510. The van der Waals surface area contributed by atoms with Gasteiger partial charge in [-0.1, -0.05) is 23.8 Å². The van der Waals surface area contributed by atoms with Crippen molar-refractivity contribution in [1.29, 1.82) is 0 Å². The third kappa shape index (κ3) is 4.08. The summed E-state index contributed by atoms with van der Waals surface area (Å²) in [7, 11) is -3.96. The molecule has 35 heavy (non-hydrogen) atoms. The highest BCUT2D eigenvalue weighted by Crippen LogP contribution is 2.37. The molecule has 0 radical (unpaired) electrons. The summed E-state index contributed by atoms with van der Waals surface area (Å²) >= 11 is 0. The molecule has 11 heteroatoms. The quantitative estimate of drug-likeness (QED) is 0.461. The molecule has 1 aromatic carbocycles. The van der Waals surface area contributed by atoms with Crippen molar-refractivity contribution < 1.29 is 18.3 Å². The van der Waals surface area contributed by atoms with Gasteiger partial charge in [-0.05, 0) is 38.1 Å². The van der Waals surface area contributed by atoms with Crippen molar-refractivity contribution in [3.05, 3.63) is 66.2 Å². The van der Waals surface area contributed by atoms with Gasteiger partial charge in [0.1, 0.15) is 11.6 Å². The van der Waals surface area contributed by atoms with Crippen LogP contribution in [0.5, 0.6) is 0 Å². The van der Waals surface area contributed by atoms with E-state index in [2.05, 4.69) is 15.0 Å². The number of carboxylic acid groups (broad SMARTS) is 1. The molecule has 0 atom stereocenters. The van der Waals surface area contributed by atoms with Gasteiger partial charge in [0.15, 0.2) is 5.65 Å². The Hall–Kier alpha value is -3.99. The largest absolute Gasteiger partial charge is 0.465 e. The van der Waals surface area contributed by atoms with Crippen molar-refractivity contribution >= 4 is 33.0 Å². The maximum Gasteiger partial charge on any atom is 0.407 e. The lowest BCUT2D eigenvalue weighted by Gasteiger charge is -2.34. The topological polar surface area (TPSA) is 122 Å². The summed E-state index contributed by atoms with van der Waals surface area (Å²) in [6, 6.07) is 12.1. The molecule has 1 aliphatic rings. The molecule has 0 spiro atoms. The summed E-state index contributed by atoms with van der Waals surface area (Å²) in [5, 5.41) is 9.89. The average Bonchev–Trinajstić information content (AvgIpc) is 3.24. The molecule has 1 amide bonds. The lowest BCUT2D eigenvalue weighted by molar-refractivity contribution is 0.142. The van der Waals surface area contributed by atoms with E-state index >= 15 is 0 Å². The number of anilines is 1. The summed E-state index contributed by atoms with van der Waals surface area (Å²) in [4.78, 5) is 28.5. The zero-order valence-corrected chi connectivity index (χ0v) is 20.1. The predicted molar refractivity (Wildman–Crippen MR) is 131 cm³/mol. The van der Waals surface area contributed by atoms with Gasteiger partial charge in [0.05, 0.1) is 16.0 Å². The van der Waals surface area contributed by atoms with Crippen LogP contribution in [0.1, 0.15) is 11.4 Å². The van der Waals surface area contributed by atoms with Crippen LogP contribution in [-0.4, -0.2) is 69.6 Å². The summed E-state index contributed by atoms with van der Waals surface area (Å²) in [5.41, 5.74) is 2.39. The smallest absolute Gasteiger partial charge is 0.407 e. The van der Waals surface area contributed by atoms with E-state index in [-0.39, 0.29) is 10.5 Å². The molecule has 3 aromatic heterocycles. The van der Waals surface area contributed by atoms with Crippen molar-refractivity contribution in [2.24, 2.45) is 0 Å². The van der Waals surface area contributed by atoms with E-state index in [9.17, 15) is 18.3 Å². The van der Waals surface area contributed by atoms with E-state index in [1.807, 2.05) is 24.0 Å². The molecular weight excluding hydrogens is 468 g/mol. The van der Waals surface area contributed by atoms with Gasteiger partial charge in [-0.2, -0.15) is 0 Å². The second-order valence-corrected chi connectivity index (χ2v) is 10.2. The second-order valence-electron chi connectivity index (χ2n) is 8.42. The molecule has 10 nitrogen and oxygen atoms in total. The summed E-state index contributed by atoms with van der Waals surface area (Å²) in [6.45, 7) is 5.10. The Morgan fingerprint density at radius 3 is 2.31 bits per heavy atom. The van der Waals surface area contributed by atoms with Crippen LogP contribution < -0.4 is 4.90 Å². The first-order valence-electron chi connectivity index (χ1n) is 11.1. The first-order valence-corrected chi connectivity index (χ1v) is 12.6. The van der Waals surface area contributed by atoms with E-state index in [4.69, 9.17) is 0 Å². The number of benzene rings is 1. The van der Waals surface area contributed by atoms with Crippen LogP contribution in [0.25, 0.3) is 22.3 Å². The first-order chi connectivity index (χ1) is 16.8. The molecule has 1 N–H and O–H groups in total. The number of carbonyl (C=O) groups is 1. The fraction of sp³-hybridized carbons (Fsp3) is 0.250. The van der Waals surface area contributed by atoms with Gasteiger partial charge in [-0.15, -0.1) is 0 Å². The zero-order chi connectivity index (χ0) is 24.7. The number of piperazine rings is 1. The molecule has 5 rings (SSSR count). The molecule has 0 saturated carbocycles. The standard InChI is InChI=1S/C24H24N6O4S/c1-16-6-8-18(9-7-16)35(33,34)30-15-19(20-5-3-4-10-25-20)21-22(26-17(2)27-23(21)30)28-11-13-29(14-12-28)24(31)32/h3-10,15H,11-14H2,1-2H3,(H,31,32). The predicted octanol–water partition coefficient (Wildman–Crippen LogP) is 3.15. The minimum atomic E-state index is -3.96. The number of hydrogen-bond acceptors (Lipinski definition) is 7. The Morgan fingerprint density at radius 1 is 0.971 bits per heavy atom. The number of aromatic nitrogens is 4. The summed E-state index contributed by atoms with van der Waals surface area (Å²) in [6.07, 6.45) is 2.24. The van der Waals surface area contributed by atoms with Gasteiger partial charge in [0.25, 0.3) is 10.0 Å².